The first-order chi connectivity index (χ1) is 7.24. The average Bonchev–Trinajstić information content (AvgIpc) is 2.25. The summed E-state index contributed by atoms with van der Waals surface area (Å²) in [6.07, 6.45) is 3.41. The first-order valence-corrected chi connectivity index (χ1v) is 4.84. The fraction of sp³-hybridized carbons (Fsp3) is 0.0909. The molecule has 0 spiro atoms. The summed E-state index contributed by atoms with van der Waals surface area (Å²) < 4.78 is 5.41. The molecule has 1 aromatic carbocycles. The van der Waals surface area contributed by atoms with Gasteiger partial charge in [0.05, 0.1) is 0 Å². The molecule has 0 aliphatic rings. The monoisotopic (exact) mass is 220 g/mol. The van der Waals surface area contributed by atoms with Crippen molar-refractivity contribution < 1.29 is 4.74 Å². The largest absolute Gasteiger partial charge is 0.424 e. The van der Waals surface area contributed by atoms with Gasteiger partial charge in [-0.05, 0) is 36.8 Å². The Kier molecular flexibility index (Phi) is 2.83. The Labute approximate surface area is 92.7 Å². The molecule has 0 fully saturated rings. The zero-order valence-corrected chi connectivity index (χ0v) is 8.90. The van der Waals surface area contributed by atoms with Crippen LogP contribution < -0.4 is 4.74 Å². The number of hydrogen-bond donors (Lipinski definition) is 0. The van der Waals surface area contributed by atoms with Crippen molar-refractivity contribution in [2.45, 2.75) is 6.92 Å². The van der Waals surface area contributed by atoms with Gasteiger partial charge < -0.3 is 4.74 Å². The summed E-state index contributed by atoms with van der Waals surface area (Å²) in [7, 11) is 0. The zero-order chi connectivity index (χ0) is 10.7. The molecule has 4 heteroatoms. The summed E-state index contributed by atoms with van der Waals surface area (Å²) in [5.41, 5.74) is 0.999. The number of nitrogens with zero attached hydrogens (tertiary/aromatic N) is 2. The molecule has 0 bridgehead atoms. The third kappa shape index (κ3) is 2.67. The van der Waals surface area contributed by atoms with E-state index in [1.165, 1.54) is 0 Å². The Morgan fingerprint density at radius 1 is 1.07 bits per heavy atom. The lowest BCUT2D eigenvalue weighted by molar-refractivity contribution is 0.441. The lowest BCUT2D eigenvalue weighted by Crippen LogP contribution is -1.91. The fourth-order valence-corrected chi connectivity index (χ4v) is 1.17. The quantitative estimate of drug-likeness (QED) is 0.780. The van der Waals surface area contributed by atoms with Gasteiger partial charge in [-0.25, -0.2) is 9.97 Å². The molecular formula is C11H9ClN2O. The van der Waals surface area contributed by atoms with Crippen molar-refractivity contribution in [3.8, 4) is 11.8 Å². The third-order valence-corrected chi connectivity index (χ3v) is 2.03. The maximum absolute atomic E-state index is 5.75. The highest BCUT2D eigenvalue weighted by atomic mass is 35.5. The maximum atomic E-state index is 5.75. The number of hydrogen-bond acceptors (Lipinski definition) is 3. The molecule has 76 valence electrons. The summed E-state index contributed by atoms with van der Waals surface area (Å²) in [4.78, 5) is 8.06. The average molecular weight is 221 g/mol. The van der Waals surface area contributed by atoms with E-state index in [1.54, 1.807) is 36.7 Å². The molecule has 0 amide bonds. The van der Waals surface area contributed by atoms with Crippen molar-refractivity contribution in [1.82, 2.24) is 9.97 Å². The van der Waals surface area contributed by atoms with Gasteiger partial charge in [-0.15, -0.1) is 0 Å². The molecule has 1 heterocycles. The first-order valence-electron chi connectivity index (χ1n) is 4.46. The molecule has 0 atom stereocenters. The van der Waals surface area contributed by atoms with Gasteiger partial charge in [-0.1, -0.05) is 11.6 Å². The van der Waals surface area contributed by atoms with E-state index in [0.717, 1.165) is 5.56 Å². The standard InChI is InChI=1S/C11H9ClN2O/c1-8-6-13-11(14-7-8)15-10-4-2-9(12)3-5-10/h2-7H,1H3. The van der Waals surface area contributed by atoms with Gasteiger partial charge in [0.2, 0.25) is 0 Å². The zero-order valence-electron chi connectivity index (χ0n) is 8.14. The van der Waals surface area contributed by atoms with Gasteiger partial charge in [-0.2, -0.15) is 0 Å². The highest BCUT2D eigenvalue weighted by Crippen LogP contribution is 2.19. The summed E-state index contributed by atoms with van der Waals surface area (Å²) in [5.74, 6) is 0.670. The minimum absolute atomic E-state index is 0.336. The Morgan fingerprint density at radius 2 is 1.67 bits per heavy atom. The van der Waals surface area contributed by atoms with Gasteiger partial charge in [0.15, 0.2) is 0 Å². The number of ether oxygens (including phenoxy) is 1. The molecule has 0 aliphatic carbocycles. The lowest BCUT2D eigenvalue weighted by Gasteiger charge is -2.02. The van der Waals surface area contributed by atoms with Crippen LogP contribution in [-0.2, 0) is 0 Å². The highest BCUT2D eigenvalue weighted by molar-refractivity contribution is 6.30. The Bertz CT molecular complexity index is 396. The number of aryl methyl sites for hydroxylation is 1. The molecular weight excluding hydrogens is 212 g/mol. The van der Waals surface area contributed by atoms with Crippen LogP contribution in [0.3, 0.4) is 0 Å². The van der Waals surface area contributed by atoms with Crippen LogP contribution in [0.25, 0.3) is 0 Å². The van der Waals surface area contributed by atoms with Gasteiger partial charge in [0.1, 0.15) is 5.75 Å². The van der Waals surface area contributed by atoms with Crippen LogP contribution in [0.5, 0.6) is 11.8 Å². The van der Waals surface area contributed by atoms with Crippen LogP contribution >= 0.6 is 11.6 Å². The minimum atomic E-state index is 0.336. The molecule has 0 saturated carbocycles. The van der Waals surface area contributed by atoms with Gasteiger partial charge in [-0.3, -0.25) is 0 Å². The van der Waals surface area contributed by atoms with E-state index >= 15 is 0 Å². The summed E-state index contributed by atoms with van der Waals surface area (Å²) in [6, 6.07) is 7.38. The topological polar surface area (TPSA) is 35.0 Å². The van der Waals surface area contributed by atoms with Crippen molar-refractivity contribution >= 4 is 11.6 Å². The number of halogens is 1. The van der Waals surface area contributed by atoms with Crippen LogP contribution in [0.15, 0.2) is 36.7 Å². The van der Waals surface area contributed by atoms with Crippen LogP contribution in [0.2, 0.25) is 5.02 Å². The van der Waals surface area contributed by atoms with Crippen LogP contribution in [0, 0.1) is 6.92 Å². The van der Waals surface area contributed by atoms with E-state index in [4.69, 9.17) is 16.3 Å². The van der Waals surface area contributed by atoms with E-state index in [-0.39, 0.29) is 0 Å². The Hall–Kier alpha value is -1.61. The second kappa shape index (κ2) is 4.28. The molecule has 15 heavy (non-hydrogen) atoms. The van der Waals surface area contributed by atoms with Crippen molar-refractivity contribution in [3.63, 3.8) is 0 Å². The van der Waals surface area contributed by atoms with Crippen LogP contribution in [0.1, 0.15) is 5.56 Å². The molecule has 0 saturated heterocycles. The second-order valence-electron chi connectivity index (χ2n) is 3.10. The van der Waals surface area contributed by atoms with Gasteiger partial charge in [0.25, 0.3) is 0 Å². The molecule has 2 aromatic rings. The highest BCUT2D eigenvalue weighted by Gasteiger charge is 1.99. The Balaban J connectivity index is 2.15. The molecule has 0 aliphatic heterocycles. The van der Waals surface area contributed by atoms with Crippen molar-refractivity contribution in [2.24, 2.45) is 0 Å². The molecule has 0 N–H and O–H groups in total. The van der Waals surface area contributed by atoms with E-state index in [2.05, 4.69) is 9.97 Å². The van der Waals surface area contributed by atoms with Crippen molar-refractivity contribution in [2.75, 3.05) is 0 Å². The van der Waals surface area contributed by atoms with Crippen molar-refractivity contribution in [3.05, 3.63) is 47.2 Å². The van der Waals surface area contributed by atoms with E-state index in [0.29, 0.717) is 16.8 Å². The normalized spacial score (nSPS) is 10.0. The molecule has 1 aromatic heterocycles. The Morgan fingerprint density at radius 3 is 2.27 bits per heavy atom. The third-order valence-electron chi connectivity index (χ3n) is 1.78. The van der Waals surface area contributed by atoms with Crippen LogP contribution in [-0.4, -0.2) is 9.97 Å². The summed E-state index contributed by atoms with van der Waals surface area (Å²) in [6.45, 7) is 1.92. The van der Waals surface area contributed by atoms with E-state index < -0.39 is 0 Å². The van der Waals surface area contributed by atoms with Crippen LogP contribution in [0.4, 0.5) is 0 Å². The lowest BCUT2D eigenvalue weighted by atomic mass is 10.3. The van der Waals surface area contributed by atoms with E-state index in [9.17, 15) is 0 Å². The summed E-state index contributed by atoms with van der Waals surface area (Å²) in [5, 5.41) is 0.673. The van der Waals surface area contributed by atoms with Gasteiger partial charge >= 0.3 is 6.01 Å². The predicted octanol–water partition coefficient (Wildman–Crippen LogP) is 3.23. The molecule has 0 radical (unpaired) electrons. The smallest absolute Gasteiger partial charge is 0.321 e. The molecule has 3 nitrogen and oxygen atoms in total. The first kappa shape index (κ1) is 9.93. The number of aromatic nitrogens is 2. The molecule has 0 unspecified atom stereocenters. The fourth-order valence-electron chi connectivity index (χ4n) is 1.04. The second-order valence-corrected chi connectivity index (χ2v) is 3.54. The summed E-state index contributed by atoms with van der Waals surface area (Å²) >= 11 is 5.75. The number of rotatable bonds is 2. The SMILES string of the molecule is Cc1cnc(Oc2ccc(Cl)cc2)nc1. The number of benzene rings is 1. The van der Waals surface area contributed by atoms with Crippen molar-refractivity contribution in [1.29, 1.82) is 0 Å². The maximum Gasteiger partial charge on any atom is 0.321 e. The predicted molar refractivity (Wildman–Crippen MR) is 58.3 cm³/mol. The van der Waals surface area contributed by atoms with Gasteiger partial charge in [0, 0.05) is 17.4 Å². The minimum Gasteiger partial charge on any atom is -0.424 e. The van der Waals surface area contributed by atoms with E-state index in [1.807, 2.05) is 6.92 Å². The molecule has 2 rings (SSSR count).